The molecule has 2 atom stereocenters. The third kappa shape index (κ3) is 2.47. The van der Waals surface area contributed by atoms with Crippen LogP contribution in [0.1, 0.15) is 25.8 Å². The molecule has 2 nitrogen and oxygen atoms in total. The van der Waals surface area contributed by atoms with Crippen molar-refractivity contribution in [2.75, 3.05) is 7.11 Å². The molecule has 1 aromatic rings. The van der Waals surface area contributed by atoms with Crippen molar-refractivity contribution in [2.24, 2.45) is 5.41 Å². The fourth-order valence-electron chi connectivity index (χ4n) is 2.25. The molecule has 0 bridgehead atoms. The van der Waals surface area contributed by atoms with Gasteiger partial charge in [0.05, 0.1) is 7.11 Å². The Labute approximate surface area is 112 Å². The van der Waals surface area contributed by atoms with Gasteiger partial charge < -0.3 is 10.1 Å². The summed E-state index contributed by atoms with van der Waals surface area (Å²) in [7, 11) is 1.53. The molecule has 1 aromatic carbocycles. The first-order valence-corrected chi connectivity index (χ1v) is 6.58. The minimum Gasteiger partial charge on any atom is -0.497 e. The van der Waals surface area contributed by atoms with Crippen molar-refractivity contribution in [2.45, 2.75) is 38.2 Å². The molecule has 0 saturated heterocycles. The molecule has 18 heavy (non-hydrogen) atoms. The van der Waals surface area contributed by atoms with Crippen molar-refractivity contribution >= 4 is 11.6 Å². The van der Waals surface area contributed by atoms with E-state index in [1.54, 1.807) is 12.1 Å². The molecule has 2 rings (SSSR count). The Hall–Kier alpha value is -0.800. The van der Waals surface area contributed by atoms with E-state index in [2.05, 4.69) is 19.2 Å². The van der Waals surface area contributed by atoms with Gasteiger partial charge in [0.1, 0.15) is 11.6 Å². The maximum absolute atomic E-state index is 13.7. The van der Waals surface area contributed by atoms with Gasteiger partial charge in [-0.2, -0.15) is 0 Å². The molecule has 100 valence electrons. The van der Waals surface area contributed by atoms with Crippen molar-refractivity contribution in [3.8, 4) is 5.75 Å². The Kier molecular flexibility index (Phi) is 3.83. The Bertz CT molecular complexity index is 436. The lowest BCUT2D eigenvalue weighted by atomic mass is 9.67. The van der Waals surface area contributed by atoms with Crippen molar-refractivity contribution in [1.29, 1.82) is 0 Å². The molecule has 1 aliphatic carbocycles. The summed E-state index contributed by atoms with van der Waals surface area (Å²) in [5.41, 5.74) is 0.731. The summed E-state index contributed by atoms with van der Waals surface area (Å²) in [4.78, 5) is 0. The fraction of sp³-hybridized carbons (Fsp3) is 0.571. The highest BCUT2D eigenvalue weighted by Crippen LogP contribution is 2.44. The lowest BCUT2D eigenvalue weighted by molar-refractivity contribution is 0.115. The molecular formula is C14H19ClFNO. The van der Waals surface area contributed by atoms with Crippen molar-refractivity contribution < 1.29 is 9.13 Å². The van der Waals surface area contributed by atoms with Crippen molar-refractivity contribution in [1.82, 2.24) is 5.32 Å². The van der Waals surface area contributed by atoms with E-state index in [1.165, 1.54) is 13.2 Å². The maximum atomic E-state index is 13.7. The van der Waals surface area contributed by atoms with Crippen LogP contribution in [-0.2, 0) is 6.54 Å². The number of hydrogen-bond acceptors (Lipinski definition) is 2. The number of ether oxygens (including phenoxy) is 1. The predicted octanol–water partition coefficient (Wildman–Crippen LogP) is 3.33. The molecule has 0 aromatic heterocycles. The topological polar surface area (TPSA) is 21.3 Å². The first-order valence-electron chi connectivity index (χ1n) is 6.15. The smallest absolute Gasteiger partial charge is 0.131 e. The zero-order chi connectivity index (χ0) is 13.3. The minimum absolute atomic E-state index is 0.0739. The largest absolute Gasteiger partial charge is 0.497 e. The highest BCUT2D eigenvalue weighted by atomic mass is 35.5. The van der Waals surface area contributed by atoms with E-state index in [0.717, 1.165) is 6.42 Å². The Morgan fingerprint density at radius 3 is 2.72 bits per heavy atom. The van der Waals surface area contributed by atoms with E-state index in [1.807, 2.05) is 0 Å². The van der Waals surface area contributed by atoms with Crippen molar-refractivity contribution in [3.05, 3.63) is 29.6 Å². The Morgan fingerprint density at radius 2 is 2.22 bits per heavy atom. The molecule has 1 aliphatic rings. The minimum atomic E-state index is -0.235. The van der Waals surface area contributed by atoms with Gasteiger partial charge in [0.2, 0.25) is 0 Å². The first kappa shape index (κ1) is 13.6. The Balaban J connectivity index is 1.95. The van der Waals surface area contributed by atoms with E-state index in [0.29, 0.717) is 23.9 Å². The second kappa shape index (κ2) is 5.06. The van der Waals surface area contributed by atoms with E-state index in [9.17, 15) is 4.39 Å². The average molecular weight is 272 g/mol. The molecule has 0 radical (unpaired) electrons. The highest BCUT2D eigenvalue weighted by Gasteiger charge is 2.46. The normalized spacial score (nSPS) is 25.6. The average Bonchev–Trinajstić information content (AvgIpc) is 2.35. The van der Waals surface area contributed by atoms with E-state index in [-0.39, 0.29) is 16.6 Å². The van der Waals surface area contributed by atoms with Crippen LogP contribution in [0.5, 0.6) is 5.75 Å². The monoisotopic (exact) mass is 271 g/mol. The van der Waals surface area contributed by atoms with Crippen LogP contribution >= 0.6 is 11.6 Å². The molecule has 1 N–H and O–H groups in total. The Morgan fingerprint density at radius 1 is 1.50 bits per heavy atom. The van der Waals surface area contributed by atoms with Crippen molar-refractivity contribution in [3.63, 3.8) is 0 Å². The van der Waals surface area contributed by atoms with Gasteiger partial charge in [-0.25, -0.2) is 4.39 Å². The number of nitrogens with one attached hydrogen (secondary N) is 1. The van der Waals surface area contributed by atoms with Crippen LogP contribution in [0.15, 0.2) is 18.2 Å². The van der Waals surface area contributed by atoms with Gasteiger partial charge in [-0.15, -0.1) is 11.6 Å². The van der Waals surface area contributed by atoms with Gasteiger partial charge in [-0.3, -0.25) is 0 Å². The summed E-state index contributed by atoms with van der Waals surface area (Å²) in [5.74, 6) is 0.308. The molecule has 0 heterocycles. The summed E-state index contributed by atoms with van der Waals surface area (Å²) in [6, 6.07) is 5.29. The highest BCUT2D eigenvalue weighted by molar-refractivity contribution is 6.21. The van der Waals surface area contributed by atoms with Crippen LogP contribution in [0.3, 0.4) is 0 Å². The van der Waals surface area contributed by atoms with Crippen LogP contribution < -0.4 is 10.1 Å². The number of rotatable bonds is 4. The molecule has 1 saturated carbocycles. The number of halogens is 2. The number of hydrogen-bond donors (Lipinski definition) is 1. The summed E-state index contributed by atoms with van der Waals surface area (Å²) in [5, 5.41) is 3.57. The van der Waals surface area contributed by atoms with Gasteiger partial charge >= 0.3 is 0 Å². The fourth-order valence-corrected chi connectivity index (χ4v) is 2.58. The lowest BCUT2D eigenvalue weighted by Crippen LogP contribution is -2.57. The second-order valence-electron chi connectivity index (χ2n) is 5.42. The summed E-state index contributed by atoms with van der Waals surface area (Å²) >= 11 is 6.16. The number of benzene rings is 1. The SMILES string of the molecule is COc1ccc(CNC2CC(Cl)C2(C)C)c(F)c1. The summed E-state index contributed by atoms with van der Waals surface area (Å²) < 4.78 is 18.7. The zero-order valence-electron chi connectivity index (χ0n) is 11.0. The van der Waals surface area contributed by atoms with Gasteiger partial charge in [0.25, 0.3) is 0 Å². The number of methoxy groups -OCH3 is 1. The third-order valence-electron chi connectivity index (χ3n) is 3.95. The van der Waals surface area contributed by atoms with E-state index < -0.39 is 0 Å². The van der Waals surface area contributed by atoms with Gasteiger partial charge in [-0.1, -0.05) is 19.9 Å². The zero-order valence-corrected chi connectivity index (χ0v) is 11.7. The lowest BCUT2D eigenvalue weighted by Gasteiger charge is -2.49. The van der Waals surface area contributed by atoms with E-state index in [4.69, 9.17) is 16.3 Å². The third-order valence-corrected chi connectivity index (χ3v) is 4.69. The first-order chi connectivity index (χ1) is 8.45. The van der Waals surface area contributed by atoms with Crippen LogP contribution in [-0.4, -0.2) is 18.5 Å². The molecule has 2 unspecified atom stereocenters. The van der Waals surface area contributed by atoms with Gasteiger partial charge in [-0.05, 0) is 17.9 Å². The van der Waals surface area contributed by atoms with Crippen LogP contribution in [0.4, 0.5) is 4.39 Å². The molecule has 1 fully saturated rings. The van der Waals surface area contributed by atoms with Crippen LogP contribution in [0, 0.1) is 11.2 Å². The van der Waals surface area contributed by atoms with Crippen LogP contribution in [0.2, 0.25) is 0 Å². The molecular weight excluding hydrogens is 253 g/mol. The molecule has 4 heteroatoms. The molecule has 0 amide bonds. The second-order valence-corrected chi connectivity index (χ2v) is 5.94. The maximum Gasteiger partial charge on any atom is 0.131 e. The van der Waals surface area contributed by atoms with Crippen LogP contribution in [0.25, 0.3) is 0 Å². The summed E-state index contributed by atoms with van der Waals surface area (Å²) in [6.07, 6.45) is 0.937. The predicted molar refractivity (Wildman–Crippen MR) is 71.6 cm³/mol. The van der Waals surface area contributed by atoms with Gasteiger partial charge in [0.15, 0.2) is 0 Å². The molecule has 0 aliphatic heterocycles. The van der Waals surface area contributed by atoms with E-state index >= 15 is 0 Å². The standard InChI is InChI=1S/C14H19ClFNO/c1-14(2)12(15)7-13(14)17-8-9-4-5-10(18-3)6-11(9)16/h4-6,12-13,17H,7-8H2,1-3H3. The number of alkyl halides is 1. The molecule has 0 spiro atoms. The quantitative estimate of drug-likeness (QED) is 0.848. The van der Waals surface area contributed by atoms with Gasteiger partial charge in [0, 0.05) is 29.6 Å². The summed E-state index contributed by atoms with van der Waals surface area (Å²) in [6.45, 7) is 4.79.